The van der Waals surface area contributed by atoms with Crippen LogP contribution >= 0.6 is 0 Å². The number of ether oxygens (including phenoxy) is 2. The van der Waals surface area contributed by atoms with Gasteiger partial charge in [0.15, 0.2) is 0 Å². The highest BCUT2D eigenvalue weighted by Crippen LogP contribution is 2.39. The zero-order valence-electron chi connectivity index (χ0n) is 14.0. The van der Waals surface area contributed by atoms with Crippen molar-refractivity contribution in [1.82, 2.24) is 0 Å². The molecule has 0 aliphatic carbocycles. The molecule has 0 saturated carbocycles. The summed E-state index contributed by atoms with van der Waals surface area (Å²) in [7, 11) is 4.41. The van der Waals surface area contributed by atoms with Gasteiger partial charge in [0.25, 0.3) is 0 Å². The first-order chi connectivity index (χ1) is 7.93. The highest BCUT2D eigenvalue weighted by Gasteiger charge is 2.31. The molecule has 0 N–H and O–H groups in total. The third-order valence-electron chi connectivity index (χ3n) is 3.49. The quantitative estimate of drug-likeness (QED) is 0.524. The van der Waals surface area contributed by atoms with Crippen molar-refractivity contribution < 1.29 is 9.47 Å². The van der Waals surface area contributed by atoms with Crippen LogP contribution in [-0.2, 0) is 9.47 Å². The minimum atomic E-state index is -0.308. The molecule has 110 valence electrons. The van der Waals surface area contributed by atoms with Crippen LogP contribution in [0.25, 0.3) is 0 Å². The van der Waals surface area contributed by atoms with Crippen LogP contribution in [0.5, 0.6) is 0 Å². The Bertz CT molecular complexity index is 239. The van der Waals surface area contributed by atoms with Crippen LogP contribution in [0.1, 0.15) is 60.8 Å². The Hall–Kier alpha value is 0.137. The van der Waals surface area contributed by atoms with E-state index in [1.165, 1.54) is 12.8 Å². The lowest BCUT2D eigenvalue weighted by atomic mass is 9.71. The fourth-order valence-electron chi connectivity index (χ4n) is 3.41. The van der Waals surface area contributed by atoms with Crippen LogP contribution in [0.15, 0.2) is 0 Å². The molecule has 0 aromatic rings. The van der Waals surface area contributed by atoms with Gasteiger partial charge >= 0.3 is 0 Å². The normalized spacial score (nSPS) is 16.0. The summed E-state index contributed by atoms with van der Waals surface area (Å²) in [6.45, 7) is 14.0. The van der Waals surface area contributed by atoms with Crippen molar-refractivity contribution in [3.05, 3.63) is 0 Å². The molecule has 0 heterocycles. The Morgan fingerprint density at radius 2 is 1.39 bits per heavy atom. The molecule has 0 radical (unpaired) electrons. The molecule has 0 bridgehead atoms. The summed E-state index contributed by atoms with van der Waals surface area (Å²) in [5, 5.41) is 0. The van der Waals surface area contributed by atoms with Gasteiger partial charge in [-0.1, -0.05) is 41.5 Å². The van der Waals surface area contributed by atoms with E-state index in [9.17, 15) is 0 Å². The Morgan fingerprint density at radius 3 is 1.72 bits per heavy atom. The molecular weight excluding hydrogens is 240 g/mol. The Morgan fingerprint density at radius 1 is 0.944 bits per heavy atom. The molecule has 1 atom stereocenters. The number of hydrogen-bond acceptors (Lipinski definition) is 2. The number of methoxy groups -OCH3 is 2. The minimum Gasteiger partial charge on any atom is -0.358 e. The van der Waals surface area contributed by atoms with Crippen molar-refractivity contribution in [3.63, 3.8) is 0 Å². The van der Waals surface area contributed by atoms with Gasteiger partial charge in [-0.25, -0.2) is 0 Å². The van der Waals surface area contributed by atoms with Crippen molar-refractivity contribution in [3.8, 4) is 0 Å². The highest BCUT2D eigenvalue weighted by atomic mass is 28.1. The van der Waals surface area contributed by atoms with E-state index in [0.717, 1.165) is 16.7 Å². The van der Waals surface area contributed by atoms with E-state index < -0.39 is 0 Å². The fourth-order valence-corrected chi connectivity index (χ4v) is 4.10. The van der Waals surface area contributed by atoms with Gasteiger partial charge in [0.2, 0.25) is 0 Å². The summed E-state index contributed by atoms with van der Waals surface area (Å²) in [6.07, 6.45) is 3.47. The molecular formula is C15H34O2Si. The highest BCUT2D eigenvalue weighted by molar-refractivity contribution is 6.13. The summed E-state index contributed by atoms with van der Waals surface area (Å²) in [5.74, 6) is 0.625. The maximum Gasteiger partial charge on any atom is 0.141 e. The zero-order valence-corrected chi connectivity index (χ0v) is 16.0. The Kier molecular flexibility index (Phi) is 6.58. The Labute approximate surface area is 117 Å². The second-order valence-corrected chi connectivity index (χ2v) is 9.48. The smallest absolute Gasteiger partial charge is 0.141 e. The van der Waals surface area contributed by atoms with Crippen LogP contribution in [0.3, 0.4) is 0 Å². The lowest BCUT2D eigenvalue weighted by molar-refractivity contribution is -0.154. The van der Waals surface area contributed by atoms with E-state index in [1.807, 2.05) is 0 Å². The monoisotopic (exact) mass is 274 g/mol. The molecule has 0 fully saturated rings. The average Bonchev–Trinajstić information content (AvgIpc) is 2.12. The van der Waals surface area contributed by atoms with E-state index >= 15 is 0 Å². The second kappa shape index (κ2) is 6.53. The van der Waals surface area contributed by atoms with E-state index in [4.69, 9.17) is 9.47 Å². The van der Waals surface area contributed by atoms with E-state index in [1.54, 1.807) is 14.2 Å². The first-order valence-corrected chi connectivity index (χ1v) is 8.03. The van der Waals surface area contributed by atoms with Crippen molar-refractivity contribution >= 4 is 10.2 Å². The first-order valence-electron chi connectivity index (χ1n) is 7.03. The molecule has 0 aromatic heterocycles. The van der Waals surface area contributed by atoms with Crippen molar-refractivity contribution in [2.75, 3.05) is 14.2 Å². The summed E-state index contributed by atoms with van der Waals surface area (Å²) in [4.78, 5) is 0. The van der Waals surface area contributed by atoms with Crippen LogP contribution in [0.2, 0.25) is 0 Å². The third kappa shape index (κ3) is 7.55. The molecule has 0 aliphatic heterocycles. The van der Waals surface area contributed by atoms with E-state index in [2.05, 4.69) is 41.5 Å². The fraction of sp³-hybridized carbons (Fsp3) is 1.00. The molecule has 1 unspecified atom stereocenters. The molecule has 0 spiro atoms. The summed E-state index contributed by atoms with van der Waals surface area (Å²) in [5.41, 5.74) is 0.461. The molecule has 0 aromatic carbocycles. The summed E-state index contributed by atoms with van der Waals surface area (Å²) < 4.78 is 11.0. The average molecular weight is 275 g/mol. The maximum atomic E-state index is 5.51. The minimum absolute atomic E-state index is 0.308. The molecule has 2 nitrogen and oxygen atoms in total. The van der Waals surface area contributed by atoms with Gasteiger partial charge < -0.3 is 9.47 Å². The molecule has 0 saturated heterocycles. The van der Waals surface area contributed by atoms with Gasteiger partial charge in [-0.2, -0.15) is 0 Å². The largest absolute Gasteiger partial charge is 0.358 e. The third-order valence-corrected chi connectivity index (χ3v) is 4.72. The van der Waals surface area contributed by atoms with Crippen LogP contribution in [0.4, 0.5) is 0 Å². The molecule has 0 aliphatic rings. The molecule has 18 heavy (non-hydrogen) atoms. The molecule has 3 heteroatoms. The molecule has 0 amide bonds. The van der Waals surface area contributed by atoms with Crippen molar-refractivity contribution in [1.29, 1.82) is 0 Å². The Balaban J connectivity index is 4.43. The number of rotatable bonds is 7. The first kappa shape index (κ1) is 18.1. The van der Waals surface area contributed by atoms with E-state index in [-0.39, 0.29) is 5.41 Å². The van der Waals surface area contributed by atoms with Crippen molar-refractivity contribution in [2.45, 2.75) is 66.2 Å². The SMILES string of the molecule is COC([SiH3])(CC(C)CC(C)(C)CC(C)(C)C)OC. The molecule has 0 rings (SSSR count). The summed E-state index contributed by atoms with van der Waals surface area (Å²) in [6, 6.07) is 0. The van der Waals surface area contributed by atoms with E-state index in [0.29, 0.717) is 16.7 Å². The van der Waals surface area contributed by atoms with Gasteiger partial charge in [-0.05, 0) is 36.0 Å². The predicted octanol–water partition coefficient (Wildman–Crippen LogP) is 3.18. The van der Waals surface area contributed by atoms with Crippen molar-refractivity contribution in [2.24, 2.45) is 16.7 Å². The summed E-state index contributed by atoms with van der Waals surface area (Å²) >= 11 is 0. The maximum absolute atomic E-state index is 5.51. The van der Waals surface area contributed by atoms with Crippen LogP contribution < -0.4 is 0 Å². The van der Waals surface area contributed by atoms with Gasteiger partial charge in [-0.15, -0.1) is 0 Å². The second-order valence-electron chi connectivity index (χ2n) is 7.96. The number of hydrogen-bond donors (Lipinski definition) is 0. The topological polar surface area (TPSA) is 18.5 Å². The van der Waals surface area contributed by atoms with Gasteiger partial charge in [0.05, 0.1) is 10.2 Å². The lowest BCUT2D eigenvalue weighted by Gasteiger charge is -2.37. The lowest BCUT2D eigenvalue weighted by Crippen LogP contribution is -2.37. The van der Waals surface area contributed by atoms with Gasteiger partial charge in [-0.3, -0.25) is 0 Å². The van der Waals surface area contributed by atoms with Gasteiger partial charge in [0.1, 0.15) is 5.41 Å². The predicted molar refractivity (Wildman–Crippen MR) is 82.9 cm³/mol. The zero-order chi connectivity index (χ0) is 14.6. The van der Waals surface area contributed by atoms with Crippen LogP contribution in [-0.4, -0.2) is 29.9 Å². The standard InChI is InChI=1S/C15H34O2Si/c1-12(10-15(18,16-7)17-8)9-14(5,6)11-13(2,3)4/h12H,9-11H2,1-8,18H3. The van der Waals surface area contributed by atoms with Crippen LogP contribution in [0, 0.1) is 16.7 Å². The van der Waals surface area contributed by atoms with Gasteiger partial charge in [0, 0.05) is 14.2 Å².